The van der Waals surface area contributed by atoms with Crippen molar-refractivity contribution < 1.29 is 39.6 Å². The molecule has 0 bridgehead atoms. The van der Waals surface area contributed by atoms with Gasteiger partial charge in [0.2, 0.25) is 0 Å². The van der Waals surface area contributed by atoms with Crippen molar-refractivity contribution in [3.8, 4) is 0 Å². The normalized spacial score (nSPS) is 11.5. The molecule has 1 aromatic heterocycles. The number of rotatable bonds is 3. The number of anilines is 1. The number of halogens is 1. The van der Waals surface area contributed by atoms with E-state index in [0.29, 0.717) is 0 Å². The van der Waals surface area contributed by atoms with Crippen molar-refractivity contribution in [2.24, 2.45) is 20.6 Å². The van der Waals surface area contributed by atoms with Gasteiger partial charge in [-0.2, -0.15) is 0 Å². The van der Waals surface area contributed by atoms with Crippen molar-refractivity contribution >= 4 is 28.5 Å². The molecule has 0 spiro atoms. The van der Waals surface area contributed by atoms with Crippen LogP contribution in [0.4, 0.5) is 5.69 Å². The summed E-state index contributed by atoms with van der Waals surface area (Å²) in [4.78, 5) is 5.94. The summed E-state index contributed by atoms with van der Waals surface area (Å²) in [6, 6.07) is 3.94. The van der Waals surface area contributed by atoms with Gasteiger partial charge in [0.25, 0.3) is 0 Å². The first-order chi connectivity index (χ1) is 11.7. The van der Waals surface area contributed by atoms with Crippen molar-refractivity contribution in [1.82, 2.24) is 4.98 Å². The summed E-state index contributed by atoms with van der Waals surface area (Å²) in [5.74, 6) is 0. The Labute approximate surface area is 175 Å². The Morgan fingerprint density at radius 3 is 1.33 bits per heavy atom. The van der Waals surface area contributed by atoms with E-state index in [4.69, 9.17) is 10.4 Å². The first-order valence-corrected chi connectivity index (χ1v) is 7.04. The molecule has 1 heterocycles. The van der Waals surface area contributed by atoms with Gasteiger partial charge in [0.05, 0.1) is 22.8 Å². The Kier molecular flexibility index (Phi) is 23.9. The fraction of sp³-hybridized carbons (Fsp3) is 0.400. The van der Waals surface area contributed by atoms with E-state index in [1.54, 1.807) is 12.4 Å². The van der Waals surface area contributed by atoms with Gasteiger partial charge in [0.15, 0.2) is 0 Å². The smallest absolute Gasteiger partial charge is 1.00 e. The zero-order valence-corrected chi connectivity index (χ0v) is 17.7. The van der Waals surface area contributed by atoms with Gasteiger partial charge in [-0.25, -0.2) is 0 Å². The Morgan fingerprint density at radius 1 is 0.852 bits per heavy atom. The minimum absolute atomic E-state index is 0. The molecular weight excluding hydrogens is 423 g/mol. The van der Waals surface area contributed by atoms with Crippen LogP contribution in [0.15, 0.2) is 45.1 Å². The number of hydrogen-bond acceptors (Lipinski definition) is 10. The molecule has 0 unspecified atom stereocenters. The Morgan fingerprint density at radius 2 is 1.19 bits per heavy atom. The van der Waals surface area contributed by atoms with Crippen LogP contribution in [0.2, 0.25) is 0 Å². The van der Waals surface area contributed by atoms with Crippen LogP contribution in [-0.2, 0) is 16.8 Å². The van der Waals surface area contributed by atoms with E-state index in [0.717, 1.165) is 0 Å². The van der Waals surface area contributed by atoms with Crippen LogP contribution in [0.25, 0.3) is 0 Å². The van der Waals surface area contributed by atoms with Gasteiger partial charge < -0.3 is 48.4 Å². The van der Waals surface area contributed by atoms with Crippen molar-refractivity contribution in [1.29, 1.82) is 0 Å². The molecule has 0 aromatic carbocycles. The van der Waals surface area contributed by atoms with Crippen LogP contribution >= 0.6 is 0 Å². The van der Waals surface area contributed by atoms with E-state index in [2.05, 4.69) is 25.6 Å². The SMILES string of the molecule is CC(=N[O-])C(C)=NO.CC(=N[O-])C(C)=NO.CN(C)c1ccncc1.[Cl-].[Co+3]. The van der Waals surface area contributed by atoms with E-state index in [1.165, 1.54) is 33.4 Å². The van der Waals surface area contributed by atoms with Gasteiger partial charge >= 0.3 is 16.8 Å². The summed E-state index contributed by atoms with van der Waals surface area (Å²) >= 11 is 0. The van der Waals surface area contributed by atoms with Crippen molar-refractivity contribution in [2.45, 2.75) is 27.7 Å². The minimum atomic E-state index is 0. The summed E-state index contributed by atoms with van der Waals surface area (Å²) in [6.07, 6.45) is 3.57. The van der Waals surface area contributed by atoms with E-state index < -0.39 is 0 Å². The zero-order chi connectivity index (χ0) is 19.8. The molecule has 154 valence electrons. The van der Waals surface area contributed by atoms with E-state index in [-0.39, 0.29) is 52.0 Å². The summed E-state index contributed by atoms with van der Waals surface area (Å²) in [5, 5.41) is 45.8. The second kappa shape index (κ2) is 19.9. The fourth-order valence-corrected chi connectivity index (χ4v) is 0.919. The van der Waals surface area contributed by atoms with Crippen LogP contribution in [0, 0.1) is 10.4 Å². The van der Waals surface area contributed by atoms with E-state index in [9.17, 15) is 10.4 Å². The molecule has 2 N–H and O–H groups in total. The fourth-order valence-electron chi connectivity index (χ4n) is 0.919. The third-order valence-corrected chi connectivity index (χ3v) is 2.80. The molecule has 1 aromatic rings. The molecular formula is C15H24ClCoN6O4. The number of aromatic nitrogens is 1. The van der Waals surface area contributed by atoms with Gasteiger partial charge in [-0.3, -0.25) is 4.98 Å². The molecule has 27 heavy (non-hydrogen) atoms. The van der Waals surface area contributed by atoms with Gasteiger partial charge in [-0.05, 0) is 39.8 Å². The molecule has 0 saturated heterocycles. The quantitative estimate of drug-likeness (QED) is 0.370. The van der Waals surface area contributed by atoms with E-state index in [1.807, 2.05) is 31.1 Å². The molecule has 12 heteroatoms. The molecule has 0 aliphatic rings. The first kappa shape index (κ1) is 32.3. The van der Waals surface area contributed by atoms with Crippen molar-refractivity contribution in [2.75, 3.05) is 19.0 Å². The summed E-state index contributed by atoms with van der Waals surface area (Å²) in [6.45, 7) is 5.94. The second-order valence-corrected chi connectivity index (χ2v) is 4.82. The Bertz CT molecular complexity index is 546. The number of pyridine rings is 1. The van der Waals surface area contributed by atoms with Crippen LogP contribution in [0.3, 0.4) is 0 Å². The molecule has 0 fully saturated rings. The summed E-state index contributed by atoms with van der Waals surface area (Å²) in [7, 11) is 4.02. The molecule has 0 radical (unpaired) electrons. The average Bonchev–Trinajstić information content (AvgIpc) is 2.66. The topological polar surface area (TPSA) is 152 Å². The third-order valence-electron chi connectivity index (χ3n) is 2.80. The third kappa shape index (κ3) is 16.8. The summed E-state index contributed by atoms with van der Waals surface area (Å²) in [5.41, 5.74) is 2.09. The number of nitrogens with zero attached hydrogens (tertiary/aromatic N) is 6. The monoisotopic (exact) mass is 446 g/mol. The molecule has 0 atom stereocenters. The van der Waals surface area contributed by atoms with Crippen molar-refractivity contribution in [3.05, 3.63) is 34.9 Å². The maximum atomic E-state index is 9.63. The van der Waals surface area contributed by atoms with Crippen LogP contribution in [0.1, 0.15) is 27.7 Å². The number of hydrogen-bond donors (Lipinski definition) is 2. The number of oxime groups is 2. The average molecular weight is 447 g/mol. The van der Waals surface area contributed by atoms with Crippen LogP contribution < -0.4 is 17.3 Å². The Hall–Kier alpha value is -2.37. The van der Waals surface area contributed by atoms with Gasteiger partial charge in [-0.1, -0.05) is 10.3 Å². The van der Waals surface area contributed by atoms with Crippen LogP contribution in [0.5, 0.6) is 0 Å². The molecule has 0 saturated carbocycles. The largest absolute Gasteiger partial charge is 3.00 e. The Balaban J connectivity index is -0.000000142. The maximum absolute atomic E-state index is 9.63. The zero-order valence-electron chi connectivity index (χ0n) is 15.9. The van der Waals surface area contributed by atoms with Gasteiger partial charge in [-0.15, -0.1) is 0 Å². The minimum Gasteiger partial charge on any atom is -1.00 e. The molecule has 1 rings (SSSR count). The molecule has 0 amide bonds. The predicted molar refractivity (Wildman–Crippen MR) is 101 cm³/mol. The van der Waals surface area contributed by atoms with Crippen molar-refractivity contribution in [3.63, 3.8) is 0 Å². The standard InChI is InChI=1S/C7H10N2.2C4H8N2O2.ClH.Co/c1-9(2)7-3-5-8-6-4-7;2*1-3(5-7)4(2)6-8;;/h3-6H,1-2H3;2*7-8H,1-2H3;1H;/q;;;;+3/p-3. The van der Waals surface area contributed by atoms with Gasteiger partial charge in [0.1, 0.15) is 0 Å². The van der Waals surface area contributed by atoms with Gasteiger partial charge in [0, 0.05) is 32.2 Å². The predicted octanol–water partition coefficient (Wildman–Crippen LogP) is -0.260. The molecule has 10 nitrogen and oxygen atoms in total. The maximum Gasteiger partial charge on any atom is 3.00 e. The summed E-state index contributed by atoms with van der Waals surface area (Å²) < 4.78 is 0. The first-order valence-electron chi connectivity index (χ1n) is 7.04. The molecule has 0 aliphatic heterocycles. The van der Waals surface area contributed by atoms with Crippen LogP contribution in [-0.4, -0.2) is 52.3 Å². The second-order valence-electron chi connectivity index (χ2n) is 4.82. The molecule has 0 aliphatic carbocycles. The van der Waals surface area contributed by atoms with E-state index >= 15 is 0 Å².